The molecule has 0 aromatic heterocycles. The van der Waals surface area contributed by atoms with Crippen LogP contribution in [0.3, 0.4) is 0 Å². The molecule has 0 radical (unpaired) electrons. The van der Waals surface area contributed by atoms with Crippen molar-refractivity contribution in [1.29, 1.82) is 0 Å². The number of rotatable bonds is 8. The topological polar surface area (TPSA) is 75.7 Å². The lowest BCUT2D eigenvalue weighted by molar-refractivity contribution is 0.102. The van der Waals surface area contributed by atoms with Gasteiger partial charge in [0.25, 0.3) is 5.91 Å². The fourth-order valence-corrected chi connectivity index (χ4v) is 4.42. The standard InChI is InChI=1S/C23H21Cl2FN2O4S/c1-3-32-22-11-4-15(23(29)27-21-10-5-17(24)13-20(21)25)12-16(22)14-28(33(2,30)31)19-8-6-18(26)7-9-19/h4-13H,3,14H2,1-2H3,(H,27,29). The Morgan fingerprint density at radius 1 is 1.06 bits per heavy atom. The number of nitrogens with one attached hydrogen (secondary N) is 1. The van der Waals surface area contributed by atoms with Crippen molar-refractivity contribution in [3.63, 3.8) is 0 Å². The molecule has 0 saturated heterocycles. The summed E-state index contributed by atoms with van der Waals surface area (Å²) in [5.41, 5.74) is 1.39. The third-order valence-corrected chi connectivity index (χ3v) is 6.32. The molecule has 10 heteroatoms. The van der Waals surface area contributed by atoms with Gasteiger partial charge in [-0.05, 0) is 67.6 Å². The van der Waals surface area contributed by atoms with Crippen LogP contribution in [0.5, 0.6) is 5.75 Å². The Hall–Kier alpha value is -2.81. The largest absolute Gasteiger partial charge is 0.494 e. The van der Waals surface area contributed by atoms with Crippen molar-refractivity contribution in [1.82, 2.24) is 0 Å². The molecular formula is C23H21Cl2FN2O4S. The SMILES string of the molecule is CCOc1ccc(C(=O)Nc2ccc(Cl)cc2Cl)cc1CN(c1ccc(F)cc1)S(C)(=O)=O. The number of anilines is 2. The van der Waals surface area contributed by atoms with Gasteiger partial charge in [-0.2, -0.15) is 0 Å². The molecule has 0 atom stereocenters. The van der Waals surface area contributed by atoms with Gasteiger partial charge in [0, 0.05) is 16.1 Å². The monoisotopic (exact) mass is 510 g/mol. The van der Waals surface area contributed by atoms with Gasteiger partial charge in [0.15, 0.2) is 0 Å². The third kappa shape index (κ3) is 6.37. The maximum atomic E-state index is 13.4. The van der Waals surface area contributed by atoms with Crippen molar-refractivity contribution >= 4 is 50.5 Å². The van der Waals surface area contributed by atoms with Gasteiger partial charge in [-0.3, -0.25) is 9.10 Å². The fraction of sp³-hybridized carbons (Fsp3) is 0.174. The molecule has 0 aliphatic heterocycles. The van der Waals surface area contributed by atoms with Crippen molar-refractivity contribution < 1.29 is 22.3 Å². The van der Waals surface area contributed by atoms with E-state index in [4.69, 9.17) is 27.9 Å². The van der Waals surface area contributed by atoms with Crippen molar-refractivity contribution in [2.75, 3.05) is 22.5 Å². The van der Waals surface area contributed by atoms with Crippen LogP contribution in [0.2, 0.25) is 10.0 Å². The van der Waals surface area contributed by atoms with Gasteiger partial charge in [-0.15, -0.1) is 0 Å². The molecule has 0 saturated carbocycles. The molecule has 0 aliphatic rings. The van der Waals surface area contributed by atoms with E-state index in [-0.39, 0.29) is 22.8 Å². The molecule has 0 aliphatic carbocycles. The zero-order chi connectivity index (χ0) is 24.2. The predicted octanol–water partition coefficient (Wildman–Crippen LogP) is 5.75. The van der Waals surface area contributed by atoms with Gasteiger partial charge in [0.05, 0.1) is 35.8 Å². The van der Waals surface area contributed by atoms with Crippen molar-refractivity contribution in [3.05, 3.63) is 87.7 Å². The third-order valence-electron chi connectivity index (χ3n) is 4.63. The van der Waals surface area contributed by atoms with E-state index in [0.717, 1.165) is 10.6 Å². The maximum Gasteiger partial charge on any atom is 0.255 e. The van der Waals surface area contributed by atoms with Crippen LogP contribution in [-0.4, -0.2) is 27.2 Å². The second-order valence-corrected chi connectivity index (χ2v) is 9.83. The van der Waals surface area contributed by atoms with Gasteiger partial charge >= 0.3 is 0 Å². The van der Waals surface area contributed by atoms with E-state index in [9.17, 15) is 17.6 Å². The van der Waals surface area contributed by atoms with Crippen LogP contribution in [0.25, 0.3) is 0 Å². The molecule has 0 heterocycles. The van der Waals surface area contributed by atoms with Crippen LogP contribution >= 0.6 is 23.2 Å². The minimum atomic E-state index is -3.73. The number of sulfonamides is 1. The normalized spacial score (nSPS) is 11.2. The number of halogens is 3. The summed E-state index contributed by atoms with van der Waals surface area (Å²) in [5.74, 6) is -0.507. The summed E-state index contributed by atoms with van der Waals surface area (Å²) in [6.07, 6.45) is 1.05. The Bertz CT molecular complexity index is 1270. The fourth-order valence-electron chi connectivity index (χ4n) is 3.09. The highest BCUT2D eigenvalue weighted by Gasteiger charge is 2.21. The number of benzene rings is 3. The van der Waals surface area contributed by atoms with E-state index in [0.29, 0.717) is 28.6 Å². The molecule has 3 rings (SSSR count). The van der Waals surface area contributed by atoms with Crippen LogP contribution in [0.1, 0.15) is 22.8 Å². The Labute approximate surface area is 201 Å². The van der Waals surface area contributed by atoms with Gasteiger partial charge in [-0.1, -0.05) is 23.2 Å². The van der Waals surface area contributed by atoms with Gasteiger partial charge in [0.1, 0.15) is 11.6 Å². The Balaban J connectivity index is 1.96. The number of hydrogen-bond donors (Lipinski definition) is 1. The summed E-state index contributed by atoms with van der Waals surface area (Å²) in [5, 5.41) is 3.42. The van der Waals surface area contributed by atoms with Crippen molar-refractivity contribution in [3.8, 4) is 5.75 Å². The van der Waals surface area contributed by atoms with Crippen LogP contribution in [-0.2, 0) is 16.6 Å². The van der Waals surface area contributed by atoms with E-state index in [1.54, 1.807) is 37.3 Å². The first-order chi connectivity index (χ1) is 15.6. The van der Waals surface area contributed by atoms with Gasteiger partial charge < -0.3 is 10.1 Å². The summed E-state index contributed by atoms with van der Waals surface area (Å²) < 4.78 is 45.1. The first-order valence-electron chi connectivity index (χ1n) is 9.84. The van der Waals surface area contributed by atoms with E-state index in [2.05, 4.69) is 5.32 Å². The number of amides is 1. The summed E-state index contributed by atoms with van der Waals surface area (Å²) >= 11 is 12.0. The zero-order valence-corrected chi connectivity index (χ0v) is 20.1. The highest BCUT2D eigenvalue weighted by atomic mass is 35.5. The first kappa shape index (κ1) is 24.8. The van der Waals surface area contributed by atoms with Gasteiger partial charge in [0.2, 0.25) is 10.0 Å². The zero-order valence-electron chi connectivity index (χ0n) is 17.8. The highest BCUT2D eigenvalue weighted by molar-refractivity contribution is 7.92. The number of ether oxygens (including phenoxy) is 1. The summed E-state index contributed by atoms with van der Waals surface area (Å²) in [7, 11) is -3.73. The Morgan fingerprint density at radius 2 is 1.76 bits per heavy atom. The second-order valence-electron chi connectivity index (χ2n) is 7.08. The van der Waals surface area contributed by atoms with Gasteiger partial charge in [-0.25, -0.2) is 12.8 Å². The molecule has 3 aromatic rings. The molecule has 0 bridgehead atoms. The molecule has 1 amide bonds. The van der Waals surface area contributed by atoms with E-state index >= 15 is 0 Å². The van der Waals surface area contributed by atoms with E-state index < -0.39 is 21.7 Å². The number of hydrogen-bond acceptors (Lipinski definition) is 4. The molecule has 3 aromatic carbocycles. The van der Waals surface area contributed by atoms with Crippen molar-refractivity contribution in [2.24, 2.45) is 0 Å². The molecule has 33 heavy (non-hydrogen) atoms. The molecule has 1 N–H and O–H groups in total. The average molecular weight is 511 g/mol. The Morgan fingerprint density at radius 3 is 2.36 bits per heavy atom. The molecule has 174 valence electrons. The summed E-state index contributed by atoms with van der Waals surface area (Å²) in [6.45, 7) is 2.01. The smallest absolute Gasteiger partial charge is 0.255 e. The van der Waals surface area contributed by atoms with E-state index in [1.807, 2.05) is 0 Å². The van der Waals surface area contributed by atoms with Crippen LogP contribution in [0, 0.1) is 5.82 Å². The second kappa shape index (κ2) is 10.4. The van der Waals surface area contributed by atoms with Crippen LogP contribution < -0.4 is 14.4 Å². The molecule has 6 nitrogen and oxygen atoms in total. The van der Waals surface area contributed by atoms with Crippen LogP contribution in [0.15, 0.2) is 60.7 Å². The summed E-state index contributed by atoms with van der Waals surface area (Å²) in [6, 6.07) is 14.5. The molecule has 0 unspecified atom stereocenters. The number of carbonyl (C=O) groups is 1. The van der Waals surface area contributed by atoms with E-state index in [1.165, 1.54) is 30.3 Å². The van der Waals surface area contributed by atoms with Crippen LogP contribution in [0.4, 0.5) is 15.8 Å². The lowest BCUT2D eigenvalue weighted by Crippen LogP contribution is -2.29. The number of nitrogens with zero attached hydrogens (tertiary/aromatic N) is 1. The Kier molecular flexibility index (Phi) is 7.84. The van der Waals surface area contributed by atoms with Crippen molar-refractivity contribution in [2.45, 2.75) is 13.5 Å². The number of carbonyl (C=O) groups excluding carboxylic acids is 1. The molecule has 0 spiro atoms. The highest BCUT2D eigenvalue weighted by Crippen LogP contribution is 2.29. The lowest BCUT2D eigenvalue weighted by atomic mass is 10.1. The molecule has 0 fully saturated rings. The minimum Gasteiger partial charge on any atom is -0.494 e. The average Bonchev–Trinajstić information content (AvgIpc) is 2.75. The maximum absolute atomic E-state index is 13.4. The predicted molar refractivity (Wildman–Crippen MR) is 129 cm³/mol. The first-order valence-corrected chi connectivity index (χ1v) is 12.4. The minimum absolute atomic E-state index is 0.122. The summed E-state index contributed by atoms with van der Waals surface area (Å²) in [4.78, 5) is 12.8. The quantitative estimate of drug-likeness (QED) is 0.418. The molecular weight excluding hydrogens is 490 g/mol. The lowest BCUT2D eigenvalue weighted by Gasteiger charge is -2.24.